The summed E-state index contributed by atoms with van der Waals surface area (Å²) < 4.78 is 1.67. The van der Waals surface area contributed by atoms with Crippen LogP contribution in [0, 0.1) is 0 Å². The van der Waals surface area contributed by atoms with E-state index >= 15 is 0 Å². The third-order valence-corrected chi connectivity index (χ3v) is 2.51. The molecule has 1 aromatic rings. The molecule has 0 aliphatic heterocycles. The molecule has 1 heterocycles. The molecular formula is C10H11ClN2O. The third-order valence-electron chi connectivity index (χ3n) is 2.33. The number of aromatic amines is 1. The summed E-state index contributed by atoms with van der Waals surface area (Å²) in [6.07, 6.45) is 3.65. The standard InChI is InChI=1S/C10H11ClN2O/c1-3-8-9(6(2)11)13(7-4-5-7)10(14)12-8/h3,7H,1-2,4-5H2,(H,12,14). The summed E-state index contributed by atoms with van der Waals surface area (Å²) >= 11 is 5.86. The molecule has 0 spiro atoms. The second-order valence-corrected chi connectivity index (χ2v) is 3.86. The molecule has 1 fully saturated rings. The van der Waals surface area contributed by atoms with Crippen molar-refractivity contribution in [3.8, 4) is 0 Å². The zero-order valence-electron chi connectivity index (χ0n) is 7.72. The zero-order valence-corrected chi connectivity index (χ0v) is 8.47. The van der Waals surface area contributed by atoms with Crippen LogP contribution < -0.4 is 5.69 Å². The van der Waals surface area contributed by atoms with Crippen LogP contribution in [-0.2, 0) is 0 Å². The van der Waals surface area contributed by atoms with Crippen LogP contribution >= 0.6 is 11.6 Å². The highest BCUT2D eigenvalue weighted by Gasteiger charge is 2.29. The Labute approximate surface area is 86.7 Å². The van der Waals surface area contributed by atoms with Crippen LogP contribution in [0.3, 0.4) is 0 Å². The quantitative estimate of drug-likeness (QED) is 0.817. The van der Waals surface area contributed by atoms with Crippen molar-refractivity contribution in [2.45, 2.75) is 18.9 Å². The molecule has 3 nitrogen and oxygen atoms in total. The van der Waals surface area contributed by atoms with Crippen molar-refractivity contribution < 1.29 is 0 Å². The first kappa shape index (κ1) is 9.34. The van der Waals surface area contributed by atoms with E-state index in [4.69, 9.17) is 11.6 Å². The lowest BCUT2D eigenvalue weighted by Gasteiger charge is -2.03. The number of nitrogens with zero attached hydrogens (tertiary/aromatic N) is 1. The molecule has 0 unspecified atom stereocenters. The van der Waals surface area contributed by atoms with E-state index in [9.17, 15) is 4.79 Å². The number of hydrogen-bond acceptors (Lipinski definition) is 1. The average molecular weight is 211 g/mol. The summed E-state index contributed by atoms with van der Waals surface area (Å²) in [5, 5.41) is 0.380. The highest BCUT2D eigenvalue weighted by atomic mass is 35.5. The summed E-state index contributed by atoms with van der Waals surface area (Å²) in [6.45, 7) is 7.28. The second-order valence-electron chi connectivity index (χ2n) is 3.40. The number of rotatable bonds is 3. The summed E-state index contributed by atoms with van der Waals surface area (Å²) in [5.41, 5.74) is 1.20. The Kier molecular flexibility index (Phi) is 2.11. The van der Waals surface area contributed by atoms with E-state index in [1.165, 1.54) is 0 Å². The Morgan fingerprint density at radius 1 is 1.64 bits per heavy atom. The van der Waals surface area contributed by atoms with Crippen LogP contribution in [0.15, 0.2) is 18.0 Å². The van der Waals surface area contributed by atoms with Crippen molar-refractivity contribution in [3.63, 3.8) is 0 Å². The Bertz CT molecular complexity index is 451. The molecule has 1 aliphatic carbocycles. The van der Waals surface area contributed by atoms with Crippen LogP contribution in [0.4, 0.5) is 0 Å². The van der Waals surface area contributed by atoms with Crippen molar-refractivity contribution in [1.82, 2.24) is 9.55 Å². The van der Waals surface area contributed by atoms with E-state index in [2.05, 4.69) is 18.1 Å². The molecule has 0 bridgehead atoms. The number of nitrogens with one attached hydrogen (secondary N) is 1. The molecule has 0 aromatic carbocycles. The van der Waals surface area contributed by atoms with Crippen molar-refractivity contribution in [3.05, 3.63) is 35.0 Å². The van der Waals surface area contributed by atoms with E-state index in [0.717, 1.165) is 12.8 Å². The fourth-order valence-electron chi connectivity index (χ4n) is 1.57. The minimum atomic E-state index is -0.126. The minimum Gasteiger partial charge on any atom is -0.305 e. The van der Waals surface area contributed by atoms with Gasteiger partial charge in [0.05, 0.1) is 16.4 Å². The SMILES string of the molecule is C=Cc1[nH]c(=O)n(C2CC2)c1C(=C)Cl. The van der Waals surface area contributed by atoms with Crippen molar-refractivity contribution in [2.24, 2.45) is 0 Å². The molecule has 0 radical (unpaired) electrons. The van der Waals surface area contributed by atoms with Gasteiger partial charge in [0.2, 0.25) is 0 Å². The van der Waals surface area contributed by atoms with Gasteiger partial charge in [0.1, 0.15) is 0 Å². The summed E-state index contributed by atoms with van der Waals surface area (Å²) in [7, 11) is 0. The molecule has 1 saturated carbocycles. The van der Waals surface area contributed by atoms with Crippen LogP contribution in [0.2, 0.25) is 0 Å². The van der Waals surface area contributed by atoms with Gasteiger partial charge in [-0.2, -0.15) is 0 Å². The lowest BCUT2D eigenvalue weighted by molar-refractivity contribution is 0.703. The molecule has 0 amide bonds. The maximum atomic E-state index is 11.6. The van der Waals surface area contributed by atoms with Gasteiger partial charge in [0, 0.05) is 6.04 Å². The molecule has 0 atom stereocenters. The van der Waals surface area contributed by atoms with Crippen LogP contribution in [-0.4, -0.2) is 9.55 Å². The average Bonchev–Trinajstić information content (AvgIpc) is 2.89. The molecule has 1 N–H and O–H groups in total. The van der Waals surface area contributed by atoms with Gasteiger partial charge in [-0.25, -0.2) is 4.79 Å². The molecule has 1 aliphatic rings. The van der Waals surface area contributed by atoms with Crippen LogP contribution in [0.25, 0.3) is 11.1 Å². The van der Waals surface area contributed by atoms with Gasteiger partial charge in [-0.1, -0.05) is 24.8 Å². The van der Waals surface area contributed by atoms with Gasteiger partial charge >= 0.3 is 5.69 Å². The summed E-state index contributed by atoms with van der Waals surface area (Å²) in [4.78, 5) is 14.3. The number of aromatic nitrogens is 2. The van der Waals surface area contributed by atoms with Gasteiger partial charge in [0.15, 0.2) is 0 Å². The fraction of sp³-hybridized carbons (Fsp3) is 0.300. The molecule has 0 saturated heterocycles. The van der Waals surface area contributed by atoms with Crippen molar-refractivity contribution in [2.75, 3.05) is 0 Å². The van der Waals surface area contributed by atoms with Gasteiger partial charge in [0.25, 0.3) is 0 Å². The Hall–Kier alpha value is -1.22. The molecule has 4 heteroatoms. The van der Waals surface area contributed by atoms with Gasteiger partial charge in [-0.3, -0.25) is 4.57 Å². The smallest absolute Gasteiger partial charge is 0.305 e. The first-order valence-electron chi connectivity index (χ1n) is 4.47. The maximum absolute atomic E-state index is 11.6. The first-order valence-corrected chi connectivity index (χ1v) is 4.84. The molecular weight excluding hydrogens is 200 g/mol. The third kappa shape index (κ3) is 1.34. The predicted octanol–water partition coefficient (Wildman–Crippen LogP) is 2.36. The van der Waals surface area contributed by atoms with E-state index in [0.29, 0.717) is 16.4 Å². The molecule has 74 valence electrons. The zero-order chi connectivity index (χ0) is 10.3. The van der Waals surface area contributed by atoms with Crippen molar-refractivity contribution >= 4 is 22.7 Å². The first-order chi connectivity index (χ1) is 6.65. The van der Waals surface area contributed by atoms with E-state index in [1.54, 1.807) is 10.6 Å². The summed E-state index contributed by atoms with van der Waals surface area (Å²) in [6, 6.07) is 0.290. The lowest BCUT2D eigenvalue weighted by Crippen LogP contribution is -2.16. The largest absolute Gasteiger partial charge is 0.326 e. The van der Waals surface area contributed by atoms with Crippen LogP contribution in [0.5, 0.6) is 0 Å². The van der Waals surface area contributed by atoms with Crippen LogP contribution in [0.1, 0.15) is 30.3 Å². The van der Waals surface area contributed by atoms with Gasteiger partial charge < -0.3 is 4.98 Å². The summed E-state index contributed by atoms with van der Waals surface area (Å²) in [5.74, 6) is 0. The Morgan fingerprint density at radius 2 is 2.29 bits per heavy atom. The van der Waals surface area contributed by atoms with E-state index < -0.39 is 0 Å². The van der Waals surface area contributed by atoms with Gasteiger partial charge in [-0.05, 0) is 18.9 Å². The molecule has 1 aromatic heterocycles. The number of hydrogen-bond donors (Lipinski definition) is 1. The lowest BCUT2D eigenvalue weighted by atomic mass is 10.3. The number of imidazole rings is 1. The monoisotopic (exact) mass is 210 g/mol. The predicted molar refractivity (Wildman–Crippen MR) is 58.3 cm³/mol. The number of halogens is 1. The molecule has 14 heavy (non-hydrogen) atoms. The normalized spacial score (nSPS) is 15.5. The highest BCUT2D eigenvalue weighted by Crippen LogP contribution is 2.37. The topological polar surface area (TPSA) is 37.8 Å². The maximum Gasteiger partial charge on any atom is 0.326 e. The van der Waals surface area contributed by atoms with Crippen molar-refractivity contribution in [1.29, 1.82) is 0 Å². The minimum absolute atomic E-state index is 0.126. The fourth-order valence-corrected chi connectivity index (χ4v) is 1.76. The van der Waals surface area contributed by atoms with E-state index in [1.807, 2.05) is 0 Å². The Balaban J connectivity index is 2.66. The second kappa shape index (κ2) is 3.17. The highest BCUT2D eigenvalue weighted by molar-refractivity contribution is 6.48. The van der Waals surface area contributed by atoms with E-state index in [-0.39, 0.29) is 11.7 Å². The molecule has 2 rings (SSSR count). The van der Waals surface area contributed by atoms with Gasteiger partial charge in [-0.15, -0.1) is 0 Å². The Morgan fingerprint density at radius 3 is 2.71 bits per heavy atom. The number of H-pyrrole nitrogens is 1.